The summed E-state index contributed by atoms with van der Waals surface area (Å²) in [4.78, 5) is 22.9. The molecule has 1 aliphatic rings. The molecule has 0 radical (unpaired) electrons. The van der Waals surface area contributed by atoms with E-state index in [1.54, 1.807) is 24.7 Å². The predicted molar refractivity (Wildman–Crippen MR) is 117 cm³/mol. The molecule has 1 aromatic carbocycles. The summed E-state index contributed by atoms with van der Waals surface area (Å²) < 4.78 is 26.4. The van der Waals surface area contributed by atoms with E-state index in [0.29, 0.717) is 29.7 Å². The summed E-state index contributed by atoms with van der Waals surface area (Å²) in [6.07, 6.45) is 6.59. The topological polar surface area (TPSA) is 64.6 Å². The van der Waals surface area contributed by atoms with Gasteiger partial charge in [0.1, 0.15) is 11.4 Å². The Labute approximate surface area is 183 Å². The summed E-state index contributed by atoms with van der Waals surface area (Å²) in [7, 11) is 0. The molecule has 6 nitrogen and oxygen atoms in total. The van der Waals surface area contributed by atoms with Crippen molar-refractivity contribution in [2.45, 2.75) is 84.3 Å². The number of aromatic nitrogens is 2. The minimum atomic E-state index is -0.538. The number of halogens is 1. The molecule has 0 aliphatic carbocycles. The third-order valence-corrected chi connectivity index (χ3v) is 5.50. The summed E-state index contributed by atoms with van der Waals surface area (Å²) in [5.74, 6) is -0.325. The smallest absolute Gasteiger partial charge is 0.410 e. The first-order valence-corrected chi connectivity index (χ1v) is 10.9. The number of amides is 1. The van der Waals surface area contributed by atoms with Crippen LogP contribution in [0.1, 0.15) is 59.4 Å². The molecule has 0 N–H and O–H groups in total. The lowest BCUT2D eigenvalue weighted by molar-refractivity contribution is -0.0549. The van der Waals surface area contributed by atoms with Crippen LogP contribution in [0, 0.1) is 5.82 Å². The zero-order valence-corrected chi connectivity index (χ0v) is 19.0. The molecule has 3 rings (SSSR count). The van der Waals surface area contributed by atoms with Gasteiger partial charge in [0.2, 0.25) is 0 Å². The normalized spacial score (nSPS) is 21.7. The minimum Gasteiger partial charge on any atom is -0.444 e. The van der Waals surface area contributed by atoms with Crippen molar-refractivity contribution in [1.82, 2.24) is 14.9 Å². The van der Waals surface area contributed by atoms with Crippen LogP contribution in [0.2, 0.25) is 0 Å². The Bertz CT molecular complexity index is 885. The number of hydrogen-bond acceptors (Lipinski definition) is 5. The fourth-order valence-electron chi connectivity index (χ4n) is 4.09. The molecule has 0 spiro atoms. The number of piperidine rings is 1. The Balaban J connectivity index is 1.71. The summed E-state index contributed by atoms with van der Waals surface area (Å²) in [6.45, 7) is 9.82. The van der Waals surface area contributed by atoms with Crippen LogP contribution in [0.25, 0.3) is 11.3 Å². The molecule has 1 fully saturated rings. The maximum absolute atomic E-state index is 14.6. The molecule has 31 heavy (non-hydrogen) atoms. The molecule has 168 valence electrons. The van der Waals surface area contributed by atoms with Gasteiger partial charge in [-0.3, -0.25) is 9.97 Å². The van der Waals surface area contributed by atoms with E-state index in [9.17, 15) is 9.18 Å². The van der Waals surface area contributed by atoms with Gasteiger partial charge in [0.05, 0.1) is 24.6 Å². The molecule has 2 heterocycles. The van der Waals surface area contributed by atoms with Crippen LogP contribution in [0.5, 0.6) is 0 Å². The monoisotopic (exact) mass is 429 g/mol. The lowest BCUT2D eigenvalue weighted by Crippen LogP contribution is -2.53. The molecule has 7 heteroatoms. The number of hydrogen-bond donors (Lipinski definition) is 0. The van der Waals surface area contributed by atoms with E-state index < -0.39 is 5.60 Å². The highest BCUT2D eigenvalue weighted by atomic mass is 19.1. The van der Waals surface area contributed by atoms with E-state index in [-0.39, 0.29) is 36.7 Å². The first kappa shape index (κ1) is 23.1. The van der Waals surface area contributed by atoms with Crippen LogP contribution in [-0.2, 0) is 16.1 Å². The average Bonchev–Trinajstić information content (AvgIpc) is 2.71. The number of benzene rings is 1. The number of carbonyl (C=O) groups excluding carboxylic acids is 1. The molecule has 3 atom stereocenters. The second kappa shape index (κ2) is 9.73. The van der Waals surface area contributed by atoms with Gasteiger partial charge in [-0.05, 0) is 53.0 Å². The zero-order valence-electron chi connectivity index (χ0n) is 19.0. The van der Waals surface area contributed by atoms with Crippen LogP contribution in [0.4, 0.5) is 9.18 Å². The maximum atomic E-state index is 14.6. The molecule has 1 aromatic heterocycles. The molecule has 1 amide bonds. The van der Waals surface area contributed by atoms with Crippen molar-refractivity contribution in [3.8, 4) is 11.3 Å². The lowest BCUT2D eigenvalue weighted by Gasteiger charge is -2.43. The van der Waals surface area contributed by atoms with Crippen molar-refractivity contribution in [2.24, 2.45) is 0 Å². The van der Waals surface area contributed by atoms with Crippen LogP contribution >= 0.6 is 0 Å². The molecule has 1 saturated heterocycles. The highest BCUT2D eigenvalue weighted by molar-refractivity contribution is 5.69. The molecule has 0 bridgehead atoms. The predicted octanol–water partition coefficient (Wildman–Crippen LogP) is 5.37. The number of likely N-dealkylation sites (tertiary alicyclic amines) is 1. The van der Waals surface area contributed by atoms with E-state index in [0.717, 1.165) is 6.42 Å². The number of ether oxygens (including phenoxy) is 2. The first-order chi connectivity index (χ1) is 14.7. The molecule has 0 saturated carbocycles. The van der Waals surface area contributed by atoms with Gasteiger partial charge >= 0.3 is 6.09 Å². The Kier molecular flexibility index (Phi) is 7.26. The third-order valence-electron chi connectivity index (χ3n) is 5.50. The Morgan fingerprint density at radius 3 is 2.68 bits per heavy atom. The molecule has 2 aromatic rings. The van der Waals surface area contributed by atoms with Gasteiger partial charge in [-0.25, -0.2) is 9.18 Å². The van der Waals surface area contributed by atoms with Crippen LogP contribution in [0.3, 0.4) is 0 Å². The van der Waals surface area contributed by atoms with E-state index in [1.165, 1.54) is 6.07 Å². The van der Waals surface area contributed by atoms with Crippen LogP contribution in [0.15, 0.2) is 36.8 Å². The lowest BCUT2D eigenvalue weighted by atomic mass is 9.92. The average molecular weight is 430 g/mol. The van der Waals surface area contributed by atoms with Crippen LogP contribution in [-0.4, -0.2) is 44.7 Å². The maximum Gasteiger partial charge on any atom is 0.410 e. The van der Waals surface area contributed by atoms with Crippen molar-refractivity contribution in [2.75, 3.05) is 0 Å². The third kappa shape index (κ3) is 5.79. The SMILES string of the molecule is CCC1CC(OCc2c(F)cccc2-c2cnccn2)CC(C)N1C(=O)OC(C)(C)C. The number of carbonyl (C=O) groups is 1. The fraction of sp³-hybridized carbons (Fsp3) is 0.542. The standard InChI is InChI=1S/C24H32FN3O3/c1-6-17-13-18(12-16(2)28(17)23(29)31-24(3,4)5)30-15-20-19(8-7-9-21(20)25)22-14-26-10-11-27-22/h7-11,14,16-18H,6,12-13,15H2,1-5H3. The van der Waals surface area contributed by atoms with Gasteiger partial charge < -0.3 is 14.4 Å². The quantitative estimate of drug-likeness (QED) is 0.640. The summed E-state index contributed by atoms with van der Waals surface area (Å²) in [6, 6.07) is 4.91. The Hall–Kier alpha value is -2.54. The van der Waals surface area contributed by atoms with Gasteiger partial charge in [0.25, 0.3) is 0 Å². The second-order valence-electron chi connectivity index (χ2n) is 9.06. The van der Waals surface area contributed by atoms with Gasteiger partial charge in [-0.15, -0.1) is 0 Å². The van der Waals surface area contributed by atoms with Gasteiger partial charge in [-0.1, -0.05) is 19.1 Å². The molecule has 3 unspecified atom stereocenters. The van der Waals surface area contributed by atoms with Crippen molar-refractivity contribution in [3.63, 3.8) is 0 Å². The van der Waals surface area contributed by atoms with Gasteiger partial charge in [0.15, 0.2) is 0 Å². The van der Waals surface area contributed by atoms with E-state index in [2.05, 4.69) is 16.9 Å². The summed E-state index contributed by atoms with van der Waals surface area (Å²) in [5.41, 5.74) is 1.22. The Morgan fingerprint density at radius 2 is 2.03 bits per heavy atom. The van der Waals surface area contributed by atoms with Crippen LogP contribution < -0.4 is 0 Å². The highest BCUT2D eigenvalue weighted by Gasteiger charge is 2.38. The van der Waals surface area contributed by atoms with Crippen molar-refractivity contribution < 1.29 is 18.7 Å². The largest absolute Gasteiger partial charge is 0.444 e. The zero-order chi connectivity index (χ0) is 22.6. The summed E-state index contributed by atoms with van der Waals surface area (Å²) in [5, 5.41) is 0. The van der Waals surface area contributed by atoms with E-state index in [4.69, 9.17) is 9.47 Å². The fourth-order valence-corrected chi connectivity index (χ4v) is 4.09. The molecule has 1 aliphatic heterocycles. The van der Waals surface area contributed by atoms with Crippen molar-refractivity contribution >= 4 is 6.09 Å². The van der Waals surface area contributed by atoms with E-state index in [1.807, 2.05) is 38.7 Å². The molecular weight excluding hydrogens is 397 g/mol. The first-order valence-electron chi connectivity index (χ1n) is 10.9. The van der Waals surface area contributed by atoms with Crippen molar-refractivity contribution in [3.05, 3.63) is 48.2 Å². The second-order valence-corrected chi connectivity index (χ2v) is 9.06. The molecular formula is C24H32FN3O3. The Morgan fingerprint density at radius 1 is 1.26 bits per heavy atom. The highest BCUT2D eigenvalue weighted by Crippen LogP contribution is 2.31. The van der Waals surface area contributed by atoms with E-state index >= 15 is 0 Å². The van der Waals surface area contributed by atoms with Gasteiger partial charge in [-0.2, -0.15) is 0 Å². The summed E-state index contributed by atoms with van der Waals surface area (Å²) >= 11 is 0. The van der Waals surface area contributed by atoms with Gasteiger partial charge in [0, 0.05) is 35.6 Å². The number of nitrogens with zero attached hydrogens (tertiary/aromatic N) is 3. The minimum absolute atomic E-state index is 0.0173. The number of rotatable bonds is 5. The van der Waals surface area contributed by atoms with Crippen molar-refractivity contribution in [1.29, 1.82) is 0 Å².